The van der Waals surface area contributed by atoms with Gasteiger partial charge in [0.2, 0.25) is 5.91 Å². The maximum absolute atomic E-state index is 13.2. The van der Waals surface area contributed by atoms with Crippen LogP contribution in [0.5, 0.6) is 0 Å². The van der Waals surface area contributed by atoms with Crippen molar-refractivity contribution in [2.75, 3.05) is 26.4 Å². The molecule has 0 aromatic rings. The minimum absolute atomic E-state index is 0.248. The molecule has 0 unspecified atom stereocenters. The molecule has 71 heavy (non-hydrogen) atoms. The molecule has 19 heteroatoms. The molecule has 0 spiro atoms. The lowest BCUT2D eigenvalue weighted by Gasteiger charge is -2.48. The Bertz CT molecular complexity index is 1360. The number of nitrogens with one attached hydrogen (secondary N) is 1. The van der Waals surface area contributed by atoms with Gasteiger partial charge in [-0.2, -0.15) is 0 Å². The number of amides is 1. The molecule has 19 nitrogen and oxygen atoms in total. The van der Waals surface area contributed by atoms with Crippen LogP contribution in [0.1, 0.15) is 181 Å². The van der Waals surface area contributed by atoms with Gasteiger partial charge in [0.25, 0.3) is 0 Å². The van der Waals surface area contributed by atoms with Gasteiger partial charge in [0.15, 0.2) is 18.9 Å². The number of aliphatic hydroxyl groups is 11. The van der Waals surface area contributed by atoms with E-state index in [2.05, 4.69) is 19.2 Å². The lowest BCUT2D eigenvalue weighted by molar-refractivity contribution is -0.379. The summed E-state index contributed by atoms with van der Waals surface area (Å²) in [7, 11) is 0. The Labute approximate surface area is 423 Å². The fourth-order valence-electron chi connectivity index (χ4n) is 9.48. The van der Waals surface area contributed by atoms with Crippen LogP contribution in [0.4, 0.5) is 0 Å². The molecule has 0 saturated carbocycles. The van der Waals surface area contributed by atoms with E-state index in [1.54, 1.807) is 6.08 Å². The molecular weight excluding hydrogens is 927 g/mol. The van der Waals surface area contributed by atoms with Gasteiger partial charge in [-0.05, 0) is 19.3 Å². The van der Waals surface area contributed by atoms with Crippen molar-refractivity contribution in [2.24, 2.45) is 0 Å². The van der Waals surface area contributed by atoms with E-state index < -0.39 is 124 Å². The standard InChI is InChI=1S/C52H97NO18/c1-3-5-7-9-11-13-15-17-19-21-23-25-27-29-36(57)35(53-40(58)30-28-26-24-22-20-18-16-14-12-10-8-6-4-2)34-66-50-46(64)43(61)48(38(32-55)68-50)71-52-47(65)44(62)49(39(33-56)69-52)70-51-45(63)42(60)41(59)37(31-54)67-51/h27,29,35-39,41-52,54-57,59-65H,3-26,28,30-34H2,1-2H3,(H,53,58)/b29-27+/t35-,36+,37+,38+,39+,41-,42-,43+,44+,45+,46+,47+,48+,49-,50+,51+,52-/m0/s1. The van der Waals surface area contributed by atoms with Crippen LogP contribution in [0.2, 0.25) is 0 Å². The molecule has 3 rings (SSSR count). The summed E-state index contributed by atoms with van der Waals surface area (Å²) in [5, 5.41) is 120. The zero-order chi connectivity index (χ0) is 52.0. The largest absolute Gasteiger partial charge is 0.394 e. The first-order valence-electron chi connectivity index (χ1n) is 27.4. The summed E-state index contributed by atoms with van der Waals surface area (Å²) in [6.07, 6.45) is 6.32. The van der Waals surface area contributed by atoms with Gasteiger partial charge in [0.05, 0.1) is 38.6 Å². The fraction of sp³-hybridized carbons (Fsp3) is 0.942. The highest BCUT2D eigenvalue weighted by Gasteiger charge is 2.53. The van der Waals surface area contributed by atoms with Crippen LogP contribution in [-0.2, 0) is 33.2 Å². The molecule has 0 radical (unpaired) electrons. The second-order valence-corrected chi connectivity index (χ2v) is 20.1. The van der Waals surface area contributed by atoms with Crippen LogP contribution in [0.25, 0.3) is 0 Å². The summed E-state index contributed by atoms with van der Waals surface area (Å²) in [6, 6.07) is -0.964. The van der Waals surface area contributed by atoms with Crippen LogP contribution in [0.15, 0.2) is 12.2 Å². The minimum atomic E-state index is -1.97. The topological polar surface area (TPSA) is 307 Å². The van der Waals surface area contributed by atoms with E-state index in [1.165, 1.54) is 109 Å². The van der Waals surface area contributed by atoms with Gasteiger partial charge in [-0.1, -0.05) is 167 Å². The molecule has 3 aliphatic heterocycles. The third-order valence-corrected chi connectivity index (χ3v) is 14.1. The fourth-order valence-corrected chi connectivity index (χ4v) is 9.48. The second-order valence-electron chi connectivity index (χ2n) is 20.1. The van der Waals surface area contributed by atoms with Crippen molar-refractivity contribution in [1.29, 1.82) is 0 Å². The number of carbonyl (C=O) groups excluding carboxylic acids is 1. The Morgan fingerprint density at radius 3 is 1.32 bits per heavy atom. The molecule has 3 saturated heterocycles. The minimum Gasteiger partial charge on any atom is -0.394 e. The Morgan fingerprint density at radius 2 is 0.873 bits per heavy atom. The molecule has 12 N–H and O–H groups in total. The Morgan fingerprint density at radius 1 is 0.493 bits per heavy atom. The van der Waals surface area contributed by atoms with Crippen LogP contribution >= 0.6 is 0 Å². The highest BCUT2D eigenvalue weighted by Crippen LogP contribution is 2.33. The number of unbranched alkanes of at least 4 members (excludes halogenated alkanes) is 23. The maximum atomic E-state index is 13.2. The SMILES string of the molecule is CCCCCCCCCCCCC/C=C/[C@@H](O)[C@H](CO[C@@H]1O[C@H](CO)[C@@H](O[C@@H]2O[C@H](CO)[C@H](O[C@H]3O[C@H](CO)[C@H](O)[C@H](O)[C@H]3O)[C@H](O)[C@H]2O)[C@H](O)[C@H]1O)NC(=O)CCCCCCCCCCCCCCC. The van der Waals surface area contributed by atoms with E-state index in [4.69, 9.17) is 28.4 Å². The molecule has 17 atom stereocenters. The van der Waals surface area contributed by atoms with Gasteiger partial charge in [0, 0.05) is 6.42 Å². The first-order chi connectivity index (χ1) is 34.3. The van der Waals surface area contributed by atoms with Gasteiger partial charge in [-0.15, -0.1) is 0 Å². The summed E-state index contributed by atoms with van der Waals surface area (Å²) < 4.78 is 34.1. The summed E-state index contributed by atoms with van der Waals surface area (Å²) in [6.45, 7) is 1.69. The van der Waals surface area contributed by atoms with Crippen molar-refractivity contribution in [3.05, 3.63) is 12.2 Å². The van der Waals surface area contributed by atoms with Crippen molar-refractivity contribution < 1.29 is 89.4 Å². The normalized spacial score (nSPS) is 32.3. The summed E-state index contributed by atoms with van der Waals surface area (Å²) in [5.41, 5.74) is 0. The highest BCUT2D eigenvalue weighted by molar-refractivity contribution is 5.76. The van der Waals surface area contributed by atoms with Crippen molar-refractivity contribution in [1.82, 2.24) is 5.32 Å². The molecular formula is C52H97NO18. The van der Waals surface area contributed by atoms with Crippen LogP contribution in [0.3, 0.4) is 0 Å². The Balaban J connectivity index is 1.55. The van der Waals surface area contributed by atoms with Crippen molar-refractivity contribution in [2.45, 2.75) is 285 Å². The highest BCUT2D eigenvalue weighted by atomic mass is 16.8. The van der Waals surface area contributed by atoms with Gasteiger partial charge in [-0.25, -0.2) is 0 Å². The third-order valence-electron chi connectivity index (χ3n) is 14.1. The predicted octanol–water partition coefficient (Wildman–Crippen LogP) is 3.04. The number of aliphatic hydroxyl groups excluding tert-OH is 11. The smallest absolute Gasteiger partial charge is 0.220 e. The molecule has 3 fully saturated rings. The summed E-state index contributed by atoms with van der Waals surface area (Å²) in [4.78, 5) is 13.2. The maximum Gasteiger partial charge on any atom is 0.220 e. The van der Waals surface area contributed by atoms with Crippen molar-refractivity contribution >= 4 is 5.91 Å². The number of hydrogen-bond donors (Lipinski definition) is 12. The molecule has 418 valence electrons. The number of carbonyl (C=O) groups is 1. The van der Waals surface area contributed by atoms with E-state index in [1.807, 2.05) is 6.08 Å². The van der Waals surface area contributed by atoms with Crippen molar-refractivity contribution in [3.8, 4) is 0 Å². The lowest BCUT2D eigenvalue weighted by atomic mass is 9.96. The van der Waals surface area contributed by atoms with E-state index in [0.29, 0.717) is 6.42 Å². The van der Waals surface area contributed by atoms with E-state index in [9.17, 15) is 61.0 Å². The van der Waals surface area contributed by atoms with Gasteiger partial charge < -0.3 is 89.9 Å². The summed E-state index contributed by atoms with van der Waals surface area (Å²) >= 11 is 0. The first kappa shape index (κ1) is 63.8. The average molecular weight is 1020 g/mol. The first-order valence-corrected chi connectivity index (χ1v) is 27.4. The number of ether oxygens (including phenoxy) is 6. The van der Waals surface area contributed by atoms with E-state index in [0.717, 1.165) is 44.9 Å². The average Bonchev–Trinajstić information content (AvgIpc) is 3.36. The second kappa shape index (κ2) is 37.3. The van der Waals surface area contributed by atoms with Gasteiger partial charge >= 0.3 is 0 Å². The molecule has 0 aromatic carbocycles. The summed E-state index contributed by atoms with van der Waals surface area (Å²) in [5.74, 6) is -0.276. The van der Waals surface area contributed by atoms with Crippen LogP contribution in [0, 0.1) is 0 Å². The van der Waals surface area contributed by atoms with Gasteiger partial charge in [-0.3, -0.25) is 4.79 Å². The zero-order valence-electron chi connectivity index (χ0n) is 43.0. The molecule has 3 aliphatic rings. The predicted molar refractivity (Wildman–Crippen MR) is 263 cm³/mol. The molecule has 1 amide bonds. The van der Waals surface area contributed by atoms with Gasteiger partial charge in [0.1, 0.15) is 73.2 Å². The zero-order valence-corrected chi connectivity index (χ0v) is 43.0. The number of rotatable bonds is 39. The van der Waals surface area contributed by atoms with Crippen LogP contribution < -0.4 is 5.32 Å². The Kier molecular flexibility index (Phi) is 33.5. The number of hydrogen-bond acceptors (Lipinski definition) is 18. The van der Waals surface area contributed by atoms with Crippen LogP contribution in [-0.4, -0.2) is 193 Å². The molecule has 3 heterocycles. The number of allylic oxidation sites excluding steroid dienone is 1. The molecule has 0 aliphatic carbocycles. The monoisotopic (exact) mass is 1020 g/mol. The molecule has 0 aromatic heterocycles. The lowest BCUT2D eigenvalue weighted by Crippen LogP contribution is -2.66. The quantitative estimate of drug-likeness (QED) is 0.0311. The third kappa shape index (κ3) is 22.7. The van der Waals surface area contributed by atoms with E-state index in [-0.39, 0.29) is 18.9 Å². The van der Waals surface area contributed by atoms with E-state index >= 15 is 0 Å². The van der Waals surface area contributed by atoms with Crippen molar-refractivity contribution in [3.63, 3.8) is 0 Å². The Hall–Kier alpha value is -1.47. The molecule has 0 bridgehead atoms.